The van der Waals surface area contributed by atoms with Crippen LogP contribution in [-0.2, 0) is 4.79 Å². The predicted octanol–water partition coefficient (Wildman–Crippen LogP) is 2.13. The molecule has 0 aromatic rings. The molecular formula is C17H32ClN3O. The number of nitrogens with one attached hydrogen (secondary N) is 1. The third-order valence-electron chi connectivity index (χ3n) is 5.61. The number of carbonyl (C=O) groups is 1. The Bertz CT molecular complexity index is 352. The lowest BCUT2D eigenvalue weighted by molar-refractivity contribution is -0.135. The second-order valence-electron chi connectivity index (χ2n) is 7.41. The summed E-state index contributed by atoms with van der Waals surface area (Å²) in [7, 11) is 0. The molecular weight excluding hydrogens is 298 g/mol. The van der Waals surface area contributed by atoms with Crippen molar-refractivity contribution < 1.29 is 4.79 Å². The Morgan fingerprint density at radius 2 is 1.77 bits per heavy atom. The van der Waals surface area contributed by atoms with Gasteiger partial charge in [-0.15, -0.1) is 12.4 Å². The van der Waals surface area contributed by atoms with Gasteiger partial charge in [0.1, 0.15) is 0 Å². The molecule has 0 aromatic carbocycles. The molecule has 4 nitrogen and oxygen atoms in total. The Balaban J connectivity index is 0.00000176. The van der Waals surface area contributed by atoms with Crippen LogP contribution in [-0.4, -0.2) is 61.0 Å². The molecule has 1 amide bonds. The van der Waals surface area contributed by atoms with E-state index in [1.165, 1.54) is 51.7 Å². The maximum Gasteiger partial charge on any atom is 0.239 e. The SMILES string of the molecule is CC1CCNC(C(=O)N2CCC(CN3CCCC3)CC2)C1.Cl. The Kier molecular flexibility index (Phi) is 6.97. The van der Waals surface area contributed by atoms with Gasteiger partial charge < -0.3 is 15.1 Å². The molecule has 0 aliphatic carbocycles. The van der Waals surface area contributed by atoms with Crippen LogP contribution in [0, 0.1) is 11.8 Å². The van der Waals surface area contributed by atoms with Gasteiger partial charge in [0.05, 0.1) is 6.04 Å². The van der Waals surface area contributed by atoms with Crippen LogP contribution in [0.4, 0.5) is 0 Å². The van der Waals surface area contributed by atoms with Gasteiger partial charge in [0.15, 0.2) is 0 Å². The van der Waals surface area contributed by atoms with Crippen LogP contribution in [0.1, 0.15) is 45.4 Å². The molecule has 0 bridgehead atoms. The fourth-order valence-corrected chi connectivity index (χ4v) is 4.18. The second kappa shape index (κ2) is 8.51. The van der Waals surface area contributed by atoms with E-state index in [0.29, 0.717) is 11.8 Å². The lowest BCUT2D eigenvalue weighted by atomic mass is 9.92. The monoisotopic (exact) mass is 329 g/mol. The first-order chi connectivity index (χ1) is 10.2. The van der Waals surface area contributed by atoms with Crippen LogP contribution in [0.5, 0.6) is 0 Å². The fourth-order valence-electron chi connectivity index (χ4n) is 4.18. The van der Waals surface area contributed by atoms with Crippen molar-refractivity contribution in [2.24, 2.45) is 11.8 Å². The third kappa shape index (κ3) is 4.59. The van der Waals surface area contributed by atoms with Gasteiger partial charge in [-0.25, -0.2) is 0 Å². The van der Waals surface area contributed by atoms with Gasteiger partial charge in [0.25, 0.3) is 0 Å². The first kappa shape index (κ1) is 18.0. The van der Waals surface area contributed by atoms with E-state index in [-0.39, 0.29) is 18.4 Å². The summed E-state index contributed by atoms with van der Waals surface area (Å²) in [4.78, 5) is 17.3. The summed E-state index contributed by atoms with van der Waals surface area (Å²) in [6.45, 7) is 9.08. The summed E-state index contributed by atoms with van der Waals surface area (Å²) >= 11 is 0. The highest BCUT2D eigenvalue weighted by molar-refractivity contribution is 5.85. The molecule has 3 aliphatic rings. The van der Waals surface area contributed by atoms with Gasteiger partial charge in [-0.3, -0.25) is 4.79 Å². The average Bonchev–Trinajstić information content (AvgIpc) is 3.00. The molecule has 128 valence electrons. The van der Waals surface area contributed by atoms with Crippen LogP contribution in [0.25, 0.3) is 0 Å². The first-order valence-corrected chi connectivity index (χ1v) is 8.97. The number of rotatable bonds is 3. The molecule has 3 rings (SSSR count). The Morgan fingerprint density at radius 1 is 1.09 bits per heavy atom. The average molecular weight is 330 g/mol. The van der Waals surface area contributed by atoms with Gasteiger partial charge in [-0.05, 0) is 70.0 Å². The largest absolute Gasteiger partial charge is 0.341 e. The van der Waals surface area contributed by atoms with Crippen molar-refractivity contribution in [3.05, 3.63) is 0 Å². The highest BCUT2D eigenvalue weighted by atomic mass is 35.5. The zero-order valence-electron chi connectivity index (χ0n) is 13.9. The van der Waals surface area contributed by atoms with Crippen LogP contribution in [0.15, 0.2) is 0 Å². The molecule has 2 unspecified atom stereocenters. The molecule has 3 saturated heterocycles. The van der Waals surface area contributed by atoms with Crippen molar-refractivity contribution in [3.8, 4) is 0 Å². The molecule has 2 atom stereocenters. The number of carbonyl (C=O) groups excluding carboxylic acids is 1. The molecule has 1 N–H and O–H groups in total. The topological polar surface area (TPSA) is 35.6 Å². The van der Waals surface area contributed by atoms with E-state index in [2.05, 4.69) is 22.0 Å². The van der Waals surface area contributed by atoms with Crippen molar-refractivity contribution in [3.63, 3.8) is 0 Å². The number of nitrogens with zero attached hydrogens (tertiary/aromatic N) is 2. The summed E-state index contributed by atoms with van der Waals surface area (Å²) in [6.07, 6.45) is 7.38. The van der Waals surface area contributed by atoms with Crippen molar-refractivity contribution in [2.45, 2.75) is 51.5 Å². The predicted molar refractivity (Wildman–Crippen MR) is 92.4 cm³/mol. The van der Waals surface area contributed by atoms with E-state index in [4.69, 9.17) is 0 Å². The molecule has 3 aliphatic heterocycles. The summed E-state index contributed by atoms with van der Waals surface area (Å²) in [5.41, 5.74) is 0. The third-order valence-corrected chi connectivity index (χ3v) is 5.61. The fraction of sp³-hybridized carbons (Fsp3) is 0.941. The highest BCUT2D eigenvalue weighted by Gasteiger charge is 2.31. The van der Waals surface area contributed by atoms with E-state index in [1.807, 2.05) is 0 Å². The van der Waals surface area contributed by atoms with Gasteiger partial charge in [-0.1, -0.05) is 6.92 Å². The molecule has 0 aromatic heterocycles. The van der Waals surface area contributed by atoms with Crippen molar-refractivity contribution in [1.82, 2.24) is 15.1 Å². The highest BCUT2D eigenvalue weighted by Crippen LogP contribution is 2.23. The van der Waals surface area contributed by atoms with E-state index in [1.54, 1.807) is 0 Å². The number of hydrogen-bond donors (Lipinski definition) is 1. The zero-order chi connectivity index (χ0) is 14.7. The lowest BCUT2D eigenvalue weighted by Gasteiger charge is -2.37. The van der Waals surface area contributed by atoms with Gasteiger partial charge in [0.2, 0.25) is 5.91 Å². The maximum absolute atomic E-state index is 12.6. The summed E-state index contributed by atoms with van der Waals surface area (Å²) in [5, 5.41) is 3.42. The summed E-state index contributed by atoms with van der Waals surface area (Å²) < 4.78 is 0. The Hall–Kier alpha value is -0.320. The van der Waals surface area contributed by atoms with E-state index in [9.17, 15) is 4.79 Å². The number of amides is 1. The van der Waals surface area contributed by atoms with Gasteiger partial charge >= 0.3 is 0 Å². The minimum absolute atomic E-state index is 0. The summed E-state index contributed by atoms with van der Waals surface area (Å²) in [5.74, 6) is 1.86. The molecule has 3 heterocycles. The van der Waals surface area contributed by atoms with Crippen molar-refractivity contribution >= 4 is 18.3 Å². The van der Waals surface area contributed by atoms with Crippen LogP contribution >= 0.6 is 12.4 Å². The molecule has 5 heteroatoms. The first-order valence-electron chi connectivity index (χ1n) is 8.97. The minimum Gasteiger partial charge on any atom is -0.341 e. The van der Waals surface area contributed by atoms with Crippen LogP contribution in [0.2, 0.25) is 0 Å². The van der Waals surface area contributed by atoms with E-state index in [0.717, 1.165) is 32.0 Å². The standard InChI is InChI=1S/C17H31N3O.ClH/c1-14-4-7-18-16(12-14)17(21)20-10-5-15(6-11-20)13-19-8-2-3-9-19;/h14-16,18H,2-13H2,1H3;1H. The zero-order valence-corrected chi connectivity index (χ0v) is 14.7. The van der Waals surface area contributed by atoms with Gasteiger partial charge in [0, 0.05) is 19.6 Å². The Labute approximate surface area is 141 Å². The summed E-state index contributed by atoms with van der Waals surface area (Å²) in [6, 6.07) is 0.0869. The minimum atomic E-state index is 0. The number of hydrogen-bond acceptors (Lipinski definition) is 3. The van der Waals surface area contributed by atoms with Crippen molar-refractivity contribution in [1.29, 1.82) is 0 Å². The maximum atomic E-state index is 12.6. The molecule has 0 saturated carbocycles. The molecule has 0 spiro atoms. The lowest BCUT2D eigenvalue weighted by Crippen LogP contribution is -2.52. The van der Waals surface area contributed by atoms with E-state index >= 15 is 0 Å². The van der Waals surface area contributed by atoms with E-state index < -0.39 is 0 Å². The molecule has 22 heavy (non-hydrogen) atoms. The van der Waals surface area contributed by atoms with Crippen LogP contribution in [0.3, 0.4) is 0 Å². The normalized spacial score (nSPS) is 31.0. The Morgan fingerprint density at radius 3 is 2.41 bits per heavy atom. The van der Waals surface area contributed by atoms with Gasteiger partial charge in [-0.2, -0.15) is 0 Å². The smallest absolute Gasteiger partial charge is 0.239 e. The number of halogens is 1. The number of piperidine rings is 2. The van der Waals surface area contributed by atoms with Crippen LogP contribution < -0.4 is 5.32 Å². The number of likely N-dealkylation sites (tertiary alicyclic amines) is 2. The van der Waals surface area contributed by atoms with Crippen molar-refractivity contribution in [2.75, 3.05) is 39.3 Å². The quantitative estimate of drug-likeness (QED) is 0.861. The molecule has 0 radical (unpaired) electrons. The second-order valence-corrected chi connectivity index (χ2v) is 7.41. The molecule has 3 fully saturated rings.